The highest BCUT2D eigenvalue weighted by Crippen LogP contribution is 2.32. The first-order valence-electron chi connectivity index (χ1n) is 14.0. The Hall–Kier alpha value is -3.52. The minimum atomic E-state index is -3.09. The van der Waals surface area contributed by atoms with Crippen molar-refractivity contribution in [1.82, 2.24) is 19.9 Å². The smallest absolute Gasteiger partial charge is 0.154 e. The molecule has 0 amide bonds. The van der Waals surface area contributed by atoms with Crippen LogP contribution in [-0.4, -0.2) is 52.6 Å². The minimum absolute atomic E-state index is 0.0370. The van der Waals surface area contributed by atoms with E-state index in [1.165, 1.54) is 18.5 Å². The highest BCUT2D eigenvalue weighted by Gasteiger charge is 2.16. The summed E-state index contributed by atoms with van der Waals surface area (Å²) in [6.45, 7) is 4.27. The second kappa shape index (κ2) is 14.5. The fourth-order valence-corrected chi connectivity index (χ4v) is 6.35. The molecule has 2 aromatic carbocycles. The largest absolute Gasteiger partial charge is 0.488 e. The number of halogens is 2. The highest BCUT2D eigenvalue weighted by atomic mass is 79.9. The van der Waals surface area contributed by atoms with Crippen molar-refractivity contribution in [3.63, 3.8) is 0 Å². The monoisotopic (exact) mass is 699 g/mol. The Morgan fingerprint density at radius 2 is 1.91 bits per heavy atom. The van der Waals surface area contributed by atoms with E-state index >= 15 is 0 Å². The number of rotatable bonds is 14. The quantitative estimate of drug-likeness (QED) is 0.121. The summed E-state index contributed by atoms with van der Waals surface area (Å²) >= 11 is 5.11. The van der Waals surface area contributed by atoms with E-state index in [2.05, 4.69) is 36.2 Å². The van der Waals surface area contributed by atoms with Crippen molar-refractivity contribution < 1.29 is 22.3 Å². The Bertz CT molecular complexity index is 1850. The van der Waals surface area contributed by atoms with Crippen molar-refractivity contribution in [1.29, 1.82) is 0 Å². The molecule has 1 N–H and O–H groups in total. The summed E-state index contributed by atoms with van der Waals surface area (Å²) in [5, 5.41) is 6.68. The van der Waals surface area contributed by atoms with Gasteiger partial charge in [-0.05, 0) is 78.2 Å². The molecule has 0 aliphatic rings. The van der Waals surface area contributed by atoms with Gasteiger partial charge >= 0.3 is 0 Å². The number of anilines is 2. The minimum Gasteiger partial charge on any atom is -0.488 e. The van der Waals surface area contributed by atoms with E-state index in [1.54, 1.807) is 37.4 Å². The van der Waals surface area contributed by atoms with Crippen LogP contribution in [0.3, 0.4) is 0 Å². The molecular formula is C31H31BrFN5O4S2. The predicted molar refractivity (Wildman–Crippen MR) is 175 cm³/mol. The predicted octanol–water partition coefficient (Wildman–Crippen LogP) is 7.14. The van der Waals surface area contributed by atoms with E-state index in [1.807, 2.05) is 35.7 Å². The lowest BCUT2D eigenvalue weighted by Crippen LogP contribution is -2.21. The number of nitrogens with zero attached hydrogens (tertiary/aromatic N) is 4. The molecule has 3 aromatic heterocycles. The molecule has 5 rings (SSSR count). The van der Waals surface area contributed by atoms with Gasteiger partial charge in [0.1, 0.15) is 30.3 Å². The van der Waals surface area contributed by atoms with Crippen molar-refractivity contribution in [2.24, 2.45) is 0 Å². The maximum atomic E-state index is 13.5. The molecule has 0 saturated carbocycles. The van der Waals surface area contributed by atoms with Crippen molar-refractivity contribution in [2.75, 3.05) is 24.3 Å². The molecule has 13 heteroatoms. The molecule has 44 heavy (non-hydrogen) atoms. The van der Waals surface area contributed by atoms with Gasteiger partial charge in [0, 0.05) is 29.5 Å². The second-order valence-corrected chi connectivity index (χ2v) is 14.7. The molecule has 0 spiro atoms. The molecule has 3 heterocycles. The average Bonchev–Trinajstić information content (AvgIpc) is 3.47. The molecule has 0 fully saturated rings. The molecule has 0 atom stereocenters. The van der Waals surface area contributed by atoms with Gasteiger partial charge in [-0.25, -0.2) is 27.8 Å². The second-order valence-electron chi connectivity index (χ2n) is 10.3. The van der Waals surface area contributed by atoms with Crippen LogP contribution < -0.4 is 10.1 Å². The molecule has 0 aliphatic carbocycles. The Kier molecular flexibility index (Phi) is 10.5. The van der Waals surface area contributed by atoms with Crippen LogP contribution >= 0.6 is 27.3 Å². The van der Waals surface area contributed by atoms with E-state index < -0.39 is 15.1 Å². The van der Waals surface area contributed by atoms with Crippen molar-refractivity contribution in [2.45, 2.75) is 38.5 Å². The molecule has 230 valence electrons. The van der Waals surface area contributed by atoms with E-state index in [0.717, 1.165) is 44.7 Å². The number of ether oxygens (including phenoxy) is 2. The fraction of sp³-hybridized carbons (Fsp3) is 0.290. The third-order valence-electron chi connectivity index (χ3n) is 6.72. The Morgan fingerprint density at radius 1 is 1.05 bits per heavy atom. The first-order valence-corrected chi connectivity index (χ1v) is 17.4. The molecule has 0 bridgehead atoms. The van der Waals surface area contributed by atoms with Crippen LogP contribution in [0.1, 0.15) is 30.8 Å². The van der Waals surface area contributed by atoms with Crippen LogP contribution in [0, 0.1) is 5.82 Å². The normalized spacial score (nSPS) is 11.8. The number of benzene rings is 2. The fourth-order valence-electron chi connectivity index (χ4n) is 4.20. The first kappa shape index (κ1) is 31.9. The van der Waals surface area contributed by atoms with Crippen LogP contribution in [0.4, 0.5) is 15.9 Å². The third kappa shape index (κ3) is 8.35. The lowest BCUT2D eigenvalue weighted by Gasteiger charge is -2.12. The van der Waals surface area contributed by atoms with E-state index in [0.29, 0.717) is 29.4 Å². The number of fused-ring (bicyclic) bond motifs is 1. The summed E-state index contributed by atoms with van der Waals surface area (Å²) in [4.78, 5) is 18.2. The van der Waals surface area contributed by atoms with Gasteiger partial charge < -0.3 is 14.8 Å². The number of hydrogen-bond acceptors (Lipinski definition) is 10. The zero-order valence-electron chi connectivity index (χ0n) is 24.2. The van der Waals surface area contributed by atoms with Gasteiger partial charge in [-0.3, -0.25) is 4.98 Å². The molecular weight excluding hydrogens is 669 g/mol. The number of nitrogens with one attached hydrogen (secondary N) is 1. The number of aryl methyl sites for hydroxylation is 1. The van der Waals surface area contributed by atoms with Crippen LogP contribution in [0.15, 0.2) is 70.9 Å². The molecule has 0 saturated heterocycles. The third-order valence-corrected chi connectivity index (χ3v) is 10.4. The van der Waals surface area contributed by atoms with Crippen LogP contribution in [-0.2, 0) is 27.6 Å². The summed E-state index contributed by atoms with van der Waals surface area (Å²) in [6, 6.07) is 13.8. The van der Waals surface area contributed by atoms with E-state index in [-0.39, 0.29) is 24.8 Å². The van der Waals surface area contributed by atoms with Gasteiger partial charge in [0.25, 0.3) is 0 Å². The van der Waals surface area contributed by atoms with E-state index in [4.69, 9.17) is 14.5 Å². The molecule has 0 unspecified atom stereocenters. The number of sulfone groups is 1. The van der Waals surface area contributed by atoms with Crippen LogP contribution in [0.25, 0.3) is 22.3 Å². The number of aromatic nitrogens is 4. The summed E-state index contributed by atoms with van der Waals surface area (Å²) in [5.74, 6) is 0.983. The summed E-state index contributed by atoms with van der Waals surface area (Å²) in [7, 11) is -3.09. The Balaban J connectivity index is 1.21. The number of hydrogen-bond donors (Lipinski definition) is 1. The van der Waals surface area contributed by atoms with Crippen molar-refractivity contribution in [3.8, 4) is 17.1 Å². The van der Waals surface area contributed by atoms with Gasteiger partial charge in [-0.2, -0.15) is 0 Å². The number of pyridine rings is 1. The van der Waals surface area contributed by atoms with Gasteiger partial charge in [0.05, 0.1) is 50.2 Å². The van der Waals surface area contributed by atoms with Gasteiger partial charge in [-0.1, -0.05) is 12.1 Å². The van der Waals surface area contributed by atoms with Gasteiger partial charge in [0.2, 0.25) is 0 Å². The zero-order valence-corrected chi connectivity index (χ0v) is 27.4. The van der Waals surface area contributed by atoms with Crippen molar-refractivity contribution in [3.05, 3.63) is 87.3 Å². The first-order chi connectivity index (χ1) is 21.2. The van der Waals surface area contributed by atoms with Crippen molar-refractivity contribution >= 4 is 59.5 Å². The number of thiazole rings is 1. The molecule has 0 aliphatic heterocycles. The Labute approximate surface area is 268 Å². The zero-order chi connectivity index (χ0) is 31.1. The van der Waals surface area contributed by atoms with Gasteiger partial charge in [-0.15, -0.1) is 11.3 Å². The molecule has 0 radical (unpaired) electrons. The summed E-state index contributed by atoms with van der Waals surface area (Å²) in [6.07, 6.45) is 4.65. The summed E-state index contributed by atoms with van der Waals surface area (Å²) < 4.78 is 49.4. The molecule has 9 nitrogen and oxygen atoms in total. The van der Waals surface area contributed by atoms with Crippen LogP contribution in [0.2, 0.25) is 0 Å². The lowest BCUT2D eigenvalue weighted by atomic mass is 10.2. The summed E-state index contributed by atoms with van der Waals surface area (Å²) in [5.41, 5.74) is 3.67. The standard InChI is InChI=1S/C31H31BrFN5O4S2/c1-20(2)44(39,40)12-11-41-10-4-7-30-38-28(18-43-30)26-15-24-27(16-34-26)35-19-36-31(24)37-23-8-9-29(25(32)14-23)42-17-21-5-3-6-22(33)13-21/h3,5-6,8-9,13-16,18-20H,4,7,10-12,17H2,1-2H3,(H,35,36,37). The topological polar surface area (TPSA) is 116 Å². The maximum absolute atomic E-state index is 13.5. The maximum Gasteiger partial charge on any atom is 0.154 e. The SMILES string of the molecule is CC(C)S(=O)(=O)CCOCCCc1nc(-c2cc3c(Nc4ccc(OCc5cccc(F)c5)c(Br)c4)ncnc3cn2)cs1. The van der Waals surface area contributed by atoms with E-state index in [9.17, 15) is 12.8 Å². The highest BCUT2D eigenvalue weighted by molar-refractivity contribution is 9.10. The Morgan fingerprint density at radius 3 is 2.70 bits per heavy atom. The molecule has 5 aromatic rings. The average molecular weight is 701 g/mol. The van der Waals surface area contributed by atoms with Crippen LogP contribution in [0.5, 0.6) is 5.75 Å². The lowest BCUT2D eigenvalue weighted by molar-refractivity contribution is 0.146. The van der Waals surface area contributed by atoms with Gasteiger partial charge in [0.15, 0.2) is 9.84 Å².